The van der Waals surface area contributed by atoms with Crippen molar-refractivity contribution in [2.45, 2.75) is 97.9 Å². The van der Waals surface area contributed by atoms with Crippen LogP contribution in [0, 0.1) is 16.7 Å². The lowest BCUT2D eigenvalue weighted by Gasteiger charge is -2.47. The minimum Gasteiger partial charge on any atom is -0.506 e. The Bertz CT molecular complexity index is 1310. The maximum absolute atomic E-state index is 14.9. The zero-order valence-corrected chi connectivity index (χ0v) is 25.1. The highest BCUT2D eigenvalue weighted by Gasteiger charge is 2.70. The summed E-state index contributed by atoms with van der Waals surface area (Å²) in [5.74, 6) is -2.62. The zero-order chi connectivity index (χ0) is 30.4. The topological polar surface area (TPSA) is 119 Å². The lowest BCUT2D eigenvalue weighted by atomic mass is 9.54. The fourth-order valence-electron chi connectivity index (χ4n) is 6.56. The third kappa shape index (κ3) is 5.27. The van der Waals surface area contributed by atoms with Crippen LogP contribution in [0.25, 0.3) is 5.76 Å². The van der Waals surface area contributed by atoms with Crippen LogP contribution in [0.15, 0.2) is 59.2 Å². The Labute approximate surface area is 241 Å². The molecule has 0 radical (unpaired) electrons. The number of hydrogen-bond donors (Lipinski definition) is 2. The summed E-state index contributed by atoms with van der Waals surface area (Å²) in [6.07, 6.45) is 3.51. The number of Topliss-reactive ketones (excluding diaryl/α,β-unsaturated/α-hetero) is 3. The molecule has 5 atom stereocenters. The summed E-state index contributed by atoms with van der Waals surface area (Å²) in [6, 6.07) is 8.47. The lowest BCUT2D eigenvalue weighted by molar-refractivity contribution is -0.460. The third-order valence-corrected chi connectivity index (χ3v) is 9.17. The molecular weight excluding hydrogens is 524 g/mol. The number of rotatable bonds is 7. The first-order valence-corrected chi connectivity index (χ1v) is 14.2. The number of carbonyl (C=O) groups excluding carboxylic acids is 3. The molecule has 8 heteroatoms. The molecule has 8 nitrogen and oxygen atoms in total. The van der Waals surface area contributed by atoms with Gasteiger partial charge in [-0.25, -0.2) is 14.7 Å². The van der Waals surface area contributed by atoms with Crippen molar-refractivity contribution < 1.29 is 39.4 Å². The molecule has 41 heavy (non-hydrogen) atoms. The van der Waals surface area contributed by atoms with Gasteiger partial charge in [0.1, 0.15) is 28.6 Å². The van der Waals surface area contributed by atoms with Gasteiger partial charge in [0.15, 0.2) is 17.3 Å². The largest absolute Gasteiger partial charge is 0.506 e. The van der Waals surface area contributed by atoms with Crippen LogP contribution in [0.4, 0.5) is 0 Å². The van der Waals surface area contributed by atoms with E-state index in [0.717, 1.165) is 11.1 Å². The summed E-state index contributed by atoms with van der Waals surface area (Å²) in [4.78, 5) is 60.6. The summed E-state index contributed by atoms with van der Waals surface area (Å²) in [5.41, 5.74) is -3.69. The highest BCUT2D eigenvalue weighted by molar-refractivity contribution is 6.41. The van der Waals surface area contributed by atoms with Crippen LogP contribution >= 0.6 is 0 Å². The number of allylic oxidation sites excluding steroid dienone is 5. The quantitative estimate of drug-likeness (QED) is 0.0728. The predicted octanol–water partition coefficient (Wildman–Crippen LogP) is 6.52. The first-order chi connectivity index (χ1) is 19.1. The normalized spacial score (nSPS) is 33.0. The van der Waals surface area contributed by atoms with Crippen molar-refractivity contribution in [3.63, 3.8) is 0 Å². The van der Waals surface area contributed by atoms with Gasteiger partial charge in [0.2, 0.25) is 0 Å². The minimum absolute atomic E-state index is 0.0331. The molecule has 2 bridgehead atoms. The van der Waals surface area contributed by atoms with Crippen LogP contribution in [0.5, 0.6) is 0 Å². The Hall–Kier alpha value is -2.91. The van der Waals surface area contributed by atoms with Crippen LogP contribution in [0.2, 0.25) is 0 Å². The number of ketones is 3. The van der Waals surface area contributed by atoms with Crippen molar-refractivity contribution >= 4 is 23.1 Å². The van der Waals surface area contributed by atoms with E-state index >= 15 is 0 Å². The molecule has 1 saturated heterocycles. The average molecular weight is 567 g/mol. The molecule has 1 aromatic rings. The van der Waals surface area contributed by atoms with Gasteiger partial charge in [0.05, 0.1) is 10.8 Å². The van der Waals surface area contributed by atoms with Crippen LogP contribution in [0.3, 0.4) is 0 Å². The van der Waals surface area contributed by atoms with Gasteiger partial charge in [-0.1, -0.05) is 53.6 Å². The van der Waals surface area contributed by atoms with Gasteiger partial charge < -0.3 is 5.11 Å². The Kier molecular flexibility index (Phi) is 8.37. The Balaban J connectivity index is 2.02. The number of hydrogen-bond acceptors (Lipinski definition) is 8. The third-order valence-electron chi connectivity index (χ3n) is 9.17. The molecule has 2 aliphatic carbocycles. The summed E-state index contributed by atoms with van der Waals surface area (Å²) >= 11 is 0. The SMILES string of the molecule is CC(C)=CCC12CC3CC(C(C)(C)OO)OOC3(C)CC(CC=C(C)C)(C(=O)C(=C(O)c3ccccc3)C1=O)C2=O. The minimum atomic E-state index is -1.67. The molecule has 0 spiro atoms. The highest BCUT2D eigenvalue weighted by atomic mass is 17.2. The van der Waals surface area contributed by atoms with Crippen molar-refractivity contribution in [1.29, 1.82) is 0 Å². The van der Waals surface area contributed by atoms with E-state index in [1.165, 1.54) is 0 Å². The smallest absolute Gasteiger partial charge is 0.184 e. The van der Waals surface area contributed by atoms with E-state index in [0.29, 0.717) is 12.0 Å². The molecular formula is C33H42O8. The van der Waals surface area contributed by atoms with Crippen molar-refractivity contribution in [2.75, 3.05) is 0 Å². The average Bonchev–Trinajstić information content (AvgIpc) is 3.00. The van der Waals surface area contributed by atoms with Gasteiger partial charge in [-0.2, -0.15) is 0 Å². The molecule has 2 N–H and O–H groups in total. The maximum atomic E-state index is 14.9. The molecule has 3 fully saturated rings. The van der Waals surface area contributed by atoms with Gasteiger partial charge >= 0.3 is 0 Å². The van der Waals surface area contributed by atoms with Crippen LogP contribution < -0.4 is 0 Å². The van der Waals surface area contributed by atoms with E-state index in [1.54, 1.807) is 44.2 Å². The fraction of sp³-hybridized carbons (Fsp3) is 0.545. The number of aliphatic hydroxyl groups is 1. The molecule has 0 amide bonds. The van der Waals surface area contributed by atoms with Crippen molar-refractivity contribution in [1.82, 2.24) is 0 Å². The van der Waals surface area contributed by atoms with E-state index in [4.69, 9.17) is 14.7 Å². The van der Waals surface area contributed by atoms with Crippen LogP contribution in [-0.2, 0) is 29.0 Å². The zero-order valence-electron chi connectivity index (χ0n) is 25.1. The van der Waals surface area contributed by atoms with E-state index < -0.39 is 57.2 Å². The van der Waals surface area contributed by atoms with Gasteiger partial charge in [0, 0.05) is 5.56 Å². The van der Waals surface area contributed by atoms with Gasteiger partial charge in [0.25, 0.3) is 0 Å². The van der Waals surface area contributed by atoms with E-state index in [-0.39, 0.29) is 31.3 Å². The number of benzene rings is 1. The predicted molar refractivity (Wildman–Crippen MR) is 153 cm³/mol. The maximum Gasteiger partial charge on any atom is 0.184 e. The summed E-state index contributed by atoms with van der Waals surface area (Å²) in [6.45, 7) is 12.7. The second-order valence-electron chi connectivity index (χ2n) is 13.2. The summed E-state index contributed by atoms with van der Waals surface area (Å²) in [5, 5.41) is 21.1. The summed E-state index contributed by atoms with van der Waals surface area (Å²) in [7, 11) is 0. The van der Waals surface area contributed by atoms with Crippen LogP contribution in [-0.4, -0.2) is 45.0 Å². The molecule has 4 rings (SSSR count). The second kappa shape index (κ2) is 11.1. The first-order valence-electron chi connectivity index (χ1n) is 14.2. The molecule has 1 aromatic carbocycles. The molecule has 5 unspecified atom stereocenters. The first kappa shape index (κ1) is 31.0. The second-order valence-corrected chi connectivity index (χ2v) is 13.2. The Morgan fingerprint density at radius 3 is 2.12 bits per heavy atom. The van der Waals surface area contributed by atoms with Gasteiger partial charge in [-0.15, -0.1) is 0 Å². The van der Waals surface area contributed by atoms with Gasteiger partial charge in [-0.05, 0) is 86.5 Å². The van der Waals surface area contributed by atoms with Crippen molar-refractivity contribution in [3.8, 4) is 0 Å². The standard InChI is InChI=1S/C33H42O8/c1-20(2)13-15-32-18-23-17-24(30(5,6)40-38)39-41-31(23,7)19-33(29(32)37,16-14-21(3)4)28(36)25(27(32)35)26(34)22-11-9-8-10-12-22/h8-14,23-24,34,38H,15-19H2,1-7H3. The van der Waals surface area contributed by atoms with E-state index in [9.17, 15) is 24.7 Å². The summed E-state index contributed by atoms with van der Waals surface area (Å²) < 4.78 is 0. The fourth-order valence-corrected chi connectivity index (χ4v) is 6.56. The number of fused-ring (bicyclic) bond motifs is 3. The monoisotopic (exact) mass is 566 g/mol. The number of carbonyl (C=O) groups is 3. The molecule has 1 aliphatic heterocycles. The van der Waals surface area contributed by atoms with Gasteiger partial charge in [-0.3, -0.25) is 19.6 Å². The van der Waals surface area contributed by atoms with Crippen molar-refractivity contribution in [3.05, 3.63) is 64.8 Å². The molecule has 1 heterocycles. The molecule has 2 saturated carbocycles. The van der Waals surface area contributed by atoms with E-state index in [1.807, 2.05) is 46.8 Å². The Morgan fingerprint density at radius 2 is 1.56 bits per heavy atom. The molecule has 222 valence electrons. The Morgan fingerprint density at radius 1 is 1.00 bits per heavy atom. The van der Waals surface area contributed by atoms with Crippen molar-refractivity contribution in [2.24, 2.45) is 16.7 Å². The lowest BCUT2D eigenvalue weighted by Crippen LogP contribution is -2.58. The molecule has 3 aliphatic rings. The van der Waals surface area contributed by atoms with Crippen LogP contribution in [0.1, 0.15) is 86.1 Å². The number of aliphatic hydroxyl groups excluding tert-OH is 1. The van der Waals surface area contributed by atoms with E-state index in [2.05, 4.69) is 0 Å². The molecule has 0 aromatic heterocycles. The highest BCUT2D eigenvalue weighted by Crippen LogP contribution is 2.60.